The molecule has 0 heteroatoms. The first kappa shape index (κ1) is 8.05. The number of fused-ring (bicyclic) bond motifs is 5. The van der Waals surface area contributed by atoms with E-state index in [0.29, 0.717) is 5.92 Å². The predicted molar refractivity (Wildman–Crippen MR) is 59.4 cm³/mol. The zero-order valence-corrected chi connectivity index (χ0v) is 8.62. The summed E-state index contributed by atoms with van der Waals surface area (Å²) in [5, 5.41) is 0. The Morgan fingerprint density at radius 2 is 2.07 bits per heavy atom. The number of allylic oxidation sites excluding steroid dienone is 4. The Morgan fingerprint density at radius 3 is 2.79 bits per heavy atom. The van der Waals surface area contributed by atoms with Gasteiger partial charge in [-0.1, -0.05) is 42.5 Å². The Balaban J connectivity index is 2.34. The van der Waals surface area contributed by atoms with Crippen LogP contribution in [0.3, 0.4) is 0 Å². The molecule has 2 aliphatic carbocycles. The monoisotopic (exact) mass is 182 g/mol. The van der Waals surface area contributed by atoms with Gasteiger partial charge >= 0.3 is 0 Å². The van der Waals surface area contributed by atoms with E-state index in [1.54, 1.807) is 5.57 Å². The highest BCUT2D eigenvalue weighted by atomic mass is 14.5. The van der Waals surface area contributed by atoms with Crippen molar-refractivity contribution in [2.24, 2.45) is 0 Å². The van der Waals surface area contributed by atoms with E-state index in [9.17, 15) is 0 Å². The fourth-order valence-electron chi connectivity index (χ4n) is 3.05. The van der Waals surface area contributed by atoms with Gasteiger partial charge in [0.05, 0.1) is 0 Å². The third-order valence-electron chi connectivity index (χ3n) is 3.72. The molecule has 70 valence electrons. The van der Waals surface area contributed by atoms with Gasteiger partial charge in [0.2, 0.25) is 0 Å². The SMILES string of the molecule is C/C=C1\C2C=CC1(C)c1ccccc12. The van der Waals surface area contributed by atoms with Crippen LogP contribution in [0.25, 0.3) is 0 Å². The van der Waals surface area contributed by atoms with Crippen LogP contribution in [0.15, 0.2) is 48.1 Å². The van der Waals surface area contributed by atoms with Gasteiger partial charge in [-0.3, -0.25) is 0 Å². The van der Waals surface area contributed by atoms with Gasteiger partial charge in [0.1, 0.15) is 0 Å². The van der Waals surface area contributed by atoms with E-state index in [1.807, 2.05) is 0 Å². The van der Waals surface area contributed by atoms with Gasteiger partial charge in [-0.25, -0.2) is 0 Å². The lowest BCUT2D eigenvalue weighted by Gasteiger charge is -2.21. The molecule has 0 saturated carbocycles. The smallest absolute Gasteiger partial charge is 0.0325 e. The van der Waals surface area contributed by atoms with E-state index in [-0.39, 0.29) is 5.41 Å². The second-order valence-corrected chi connectivity index (χ2v) is 4.37. The molecule has 0 spiro atoms. The normalized spacial score (nSPS) is 35.3. The second-order valence-electron chi connectivity index (χ2n) is 4.37. The summed E-state index contributed by atoms with van der Waals surface area (Å²) in [6.07, 6.45) is 6.98. The van der Waals surface area contributed by atoms with Crippen molar-refractivity contribution in [1.29, 1.82) is 0 Å². The summed E-state index contributed by atoms with van der Waals surface area (Å²) in [6.45, 7) is 4.48. The molecule has 0 saturated heterocycles. The quantitative estimate of drug-likeness (QED) is 0.538. The maximum absolute atomic E-state index is 2.36. The lowest BCUT2D eigenvalue weighted by atomic mass is 9.82. The van der Waals surface area contributed by atoms with Crippen LogP contribution < -0.4 is 0 Å². The predicted octanol–water partition coefficient (Wildman–Crippen LogP) is 3.56. The molecule has 0 N–H and O–H groups in total. The molecule has 2 aliphatic rings. The average Bonchev–Trinajstić information content (AvgIpc) is 2.67. The first-order valence-electron chi connectivity index (χ1n) is 5.23. The molecule has 0 fully saturated rings. The van der Waals surface area contributed by atoms with E-state index in [4.69, 9.17) is 0 Å². The second kappa shape index (κ2) is 2.38. The van der Waals surface area contributed by atoms with Crippen LogP contribution >= 0.6 is 0 Å². The standard InChI is InChI=1S/C14H14/c1-3-12-11-8-9-14(12,2)13-7-5-4-6-10(11)13/h3-9,11H,1-2H3/b12-3+. The molecule has 2 atom stereocenters. The van der Waals surface area contributed by atoms with E-state index >= 15 is 0 Å². The van der Waals surface area contributed by atoms with Gasteiger partial charge in [-0.05, 0) is 30.5 Å². The first-order chi connectivity index (χ1) is 6.77. The van der Waals surface area contributed by atoms with Gasteiger partial charge in [-0.2, -0.15) is 0 Å². The molecule has 0 amide bonds. The van der Waals surface area contributed by atoms with Crippen molar-refractivity contribution >= 4 is 0 Å². The number of hydrogen-bond acceptors (Lipinski definition) is 0. The maximum atomic E-state index is 2.36. The molecule has 2 bridgehead atoms. The van der Waals surface area contributed by atoms with Crippen LogP contribution in [0.4, 0.5) is 0 Å². The molecule has 0 aliphatic heterocycles. The van der Waals surface area contributed by atoms with Gasteiger partial charge in [0.25, 0.3) is 0 Å². The fourth-order valence-corrected chi connectivity index (χ4v) is 3.05. The minimum Gasteiger partial charge on any atom is -0.0863 e. The zero-order chi connectivity index (χ0) is 9.76. The van der Waals surface area contributed by atoms with Crippen LogP contribution in [-0.4, -0.2) is 0 Å². The number of rotatable bonds is 0. The Morgan fingerprint density at radius 1 is 1.29 bits per heavy atom. The third-order valence-corrected chi connectivity index (χ3v) is 3.72. The molecule has 0 heterocycles. The lowest BCUT2D eigenvalue weighted by molar-refractivity contribution is 0.743. The highest BCUT2D eigenvalue weighted by Gasteiger charge is 2.45. The van der Waals surface area contributed by atoms with Gasteiger partial charge in [-0.15, -0.1) is 0 Å². The van der Waals surface area contributed by atoms with E-state index < -0.39 is 0 Å². The molecule has 1 aromatic carbocycles. The minimum atomic E-state index is 0.190. The average molecular weight is 182 g/mol. The minimum absolute atomic E-state index is 0.190. The summed E-state index contributed by atoms with van der Waals surface area (Å²) >= 11 is 0. The van der Waals surface area contributed by atoms with Crippen molar-refractivity contribution in [3.8, 4) is 0 Å². The molecule has 2 unspecified atom stereocenters. The van der Waals surface area contributed by atoms with Crippen molar-refractivity contribution in [1.82, 2.24) is 0 Å². The van der Waals surface area contributed by atoms with E-state index in [0.717, 1.165) is 0 Å². The van der Waals surface area contributed by atoms with Gasteiger partial charge in [0, 0.05) is 11.3 Å². The fraction of sp³-hybridized carbons (Fsp3) is 0.286. The van der Waals surface area contributed by atoms with Crippen molar-refractivity contribution in [3.63, 3.8) is 0 Å². The van der Waals surface area contributed by atoms with Crippen molar-refractivity contribution < 1.29 is 0 Å². The van der Waals surface area contributed by atoms with Gasteiger partial charge in [0.15, 0.2) is 0 Å². The summed E-state index contributed by atoms with van der Waals surface area (Å²) in [7, 11) is 0. The Hall–Kier alpha value is -1.30. The summed E-state index contributed by atoms with van der Waals surface area (Å²) in [4.78, 5) is 0. The van der Waals surface area contributed by atoms with Crippen LogP contribution in [-0.2, 0) is 5.41 Å². The number of benzene rings is 1. The van der Waals surface area contributed by atoms with Crippen LogP contribution in [0.1, 0.15) is 30.9 Å². The van der Waals surface area contributed by atoms with E-state index in [1.165, 1.54) is 11.1 Å². The topological polar surface area (TPSA) is 0 Å². The molecule has 14 heavy (non-hydrogen) atoms. The highest BCUT2D eigenvalue weighted by Crippen LogP contribution is 2.56. The molecule has 0 radical (unpaired) electrons. The molecule has 1 aromatic rings. The lowest BCUT2D eigenvalue weighted by Crippen LogP contribution is -2.14. The summed E-state index contributed by atoms with van der Waals surface area (Å²) < 4.78 is 0. The molecule has 3 rings (SSSR count). The van der Waals surface area contributed by atoms with Crippen molar-refractivity contribution in [2.75, 3.05) is 0 Å². The van der Waals surface area contributed by atoms with Crippen LogP contribution in [0, 0.1) is 0 Å². The Bertz CT molecular complexity index is 451. The number of hydrogen-bond donors (Lipinski definition) is 0. The summed E-state index contributed by atoms with van der Waals surface area (Å²) in [5.74, 6) is 0.557. The van der Waals surface area contributed by atoms with Crippen molar-refractivity contribution in [3.05, 3.63) is 59.2 Å². The van der Waals surface area contributed by atoms with Crippen LogP contribution in [0.2, 0.25) is 0 Å². The zero-order valence-electron chi connectivity index (χ0n) is 8.62. The maximum Gasteiger partial charge on any atom is 0.0325 e. The first-order valence-corrected chi connectivity index (χ1v) is 5.23. The van der Waals surface area contributed by atoms with E-state index in [2.05, 4.69) is 56.3 Å². The molecule has 0 nitrogen and oxygen atoms in total. The molecule has 0 aromatic heterocycles. The summed E-state index contributed by atoms with van der Waals surface area (Å²) in [6, 6.07) is 8.82. The molecular weight excluding hydrogens is 168 g/mol. The molecular formula is C14H14. The van der Waals surface area contributed by atoms with Crippen LogP contribution in [0.5, 0.6) is 0 Å². The third kappa shape index (κ3) is 0.708. The Kier molecular flexibility index (Phi) is 1.37. The largest absolute Gasteiger partial charge is 0.0863 e. The highest BCUT2D eigenvalue weighted by molar-refractivity contribution is 5.63. The Labute approximate surface area is 85.0 Å². The van der Waals surface area contributed by atoms with Crippen molar-refractivity contribution in [2.45, 2.75) is 25.2 Å². The van der Waals surface area contributed by atoms with Gasteiger partial charge < -0.3 is 0 Å². The summed E-state index contributed by atoms with van der Waals surface area (Å²) in [5.41, 5.74) is 4.75.